The Hall–Kier alpha value is -3.40. The van der Waals surface area contributed by atoms with Crippen LogP contribution in [0, 0.1) is 5.92 Å². The summed E-state index contributed by atoms with van der Waals surface area (Å²) in [4.78, 5) is 13.2. The molecule has 2 aliphatic rings. The monoisotopic (exact) mass is 382 g/mol. The molecule has 0 spiro atoms. The summed E-state index contributed by atoms with van der Waals surface area (Å²) >= 11 is 0. The van der Waals surface area contributed by atoms with E-state index < -0.39 is 0 Å². The third-order valence-corrected chi connectivity index (χ3v) is 5.72. The highest BCUT2D eigenvalue weighted by Gasteiger charge is 2.44. The van der Waals surface area contributed by atoms with Crippen molar-refractivity contribution in [1.29, 1.82) is 0 Å². The largest absolute Gasteiger partial charge is 0.459 e. The predicted octanol–water partition coefficient (Wildman–Crippen LogP) is 5.72. The summed E-state index contributed by atoms with van der Waals surface area (Å²) in [6.45, 7) is 0. The SMILES string of the molecule is O=C(c1ccco1)N1N=C2/C(=C/c3ccccc3)CCCC2C1c1ccccc1. The fourth-order valence-corrected chi connectivity index (χ4v) is 4.42. The second kappa shape index (κ2) is 7.55. The van der Waals surface area contributed by atoms with Crippen molar-refractivity contribution in [2.24, 2.45) is 11.0 Å². The lowest BCUT2D eigenvalue weighted by Crippen LogP contribution is -2.31. The molecule has 29 heavy (non-hydrogen) atoms. The van der Waals surface area contributed by atoms with Crippen LogP contribution in [-0.4, -0.2) is 16.6 Å². The third-order valence-electron chi connectivity index (χ3n) is 5.72. The molecule has 1 fully saturated rings. The van der Waals surface area contributed by atoms with Crippen LogP contribution in [-0.2, 0) is 0 Å². The van der Waals surface area contributed by atoms with E-state index in [1.54, 1.807) is 17.1 Å². The van der Waals surface area contributed by atoms with Gasteiger partial charge in [0.25, 0.3) is 0 Å². The minimum Gasteiger partial charge on any atom is -0.459 e. The van der Waals surface area contributed by atoms with Crippen molar-refractivity contribution in [2.75, 3.05) is 0 Å². The maximum Gasteiger partial charge on any atom is 0.310 e. The minimum atomic E-state index is -0.190. The van der Waals surface area contributed by atoms with Crippen LogP contribution in [0.15, 0.2) is 94.2 Å². The molecule has 5 rings (SSSR count). The zero-order valence-electron chi connectivity index (χ0n) is 16.1. The number of rotatable bonds is 3. The number of hydrogen-bond acceptors (Lipinski definition) is 3. The summed E-state index contributed by atoms with van der Waals surface area (Å²) in [5, 5.41) is 6.51. The van der Waals surface area contributed by atoms with Crippen LogP contribution in [0.2, 0.25) is 0 Å². The number of carbonyl (C=O) groups is 1. The van der Waals surface area contributed by atoms with E-state index in [9.17, 15) is 4.79 Å². The number of carbonyl (C=O) groups excluding carboxylic acids is 1. The Morgan fingerprint density at radius 1 is 1.00 bits per heavy atom. The molecule has 2 atom stereocenters. The van der Waals surface area contributed by atoms with Crippen molar-refractivity contribution >= 4 is 17.7 Å². The maximum atomic E-state index is 13.2. The molecule has 144 valence electrons. The van der Waals surface area contributed by atoms with Crippen LogP contribution >= 0.6 is 0 Å². The number of hydrazone groups is 1. The van der Waals surface area contributed by atoms with E-state index in [-0.39, 0.29) is 17.9 Å². The molecular formula is C25H22N2O2. The zero-order valence-corrected chi connectivity index (χ0v) is 16.1. The van der Waals surface area contributed by atoms with Crippen LogP contribution in [0.3, 0.4) is 0 Å². The molecule has 1 amide bonds. The second-order valence-corrected chi connectivity index (χ2v) is 7.55. The molecule has 1 saturated carbocycles. The Balaban J connectivity index is 1.58. The van der Waals surface area contributed by atoms with E-state index in [0.717, 1.165) is 36.1 Å². The Kier molecular flexibility index (Phi) is 4.60. The molecule has 2 unspecified atom stereocenters. The van der Waals surface area contributed by atoms with Gasteiger partial charge in [0.15, 0.2) is 5.76 Å². The van der Waals surface area contributed by atoms with Gasteiger partial charge in [-0.05, 0) is 54.2 Å². The summed E-state index contributed by atoms with van der Waals surface area (Å²) in [6, 6.07) is 23.9. The average molecular weight is 382 g/mol. The topological polar surface area (TPSA) is 45.8 Å². The van der Waals surface area contributed by atoms with Crippen molar-refractivity contribution in [3.05, 3.63) is 102 Å². The summed E-state index contributed by atoms with van der Waals surface area (Å²) in [7, 11) is 0. The van der Waals surface area contributed by atoms with Gasteiger partial charge < -0.3 is 4.42 Å². The smallest absolute Gasteiger partial charge is 0.310 e. The first-order valence-corrected chi connectivity index (χ1v) is 10.1. The van der Waals surface area contributed by atoms with Gasteiger partial charge >= 0.3 is 5.91 Å². The van der Waals surface area contributed by atoms with Crippen molar-refractivity contribution in [3.8, 4) is 0 Å². The molecule has 4 nitrogen and oxygen atoms in total. The van der Waals surface area contributed by atoms with Gasteiger partial charge in [-0.25, -0.2) is 5.01 Å². The summed E-state index contributed by atoms with van der Waals surface area (Å²) in [5.41, 5.74) is 4.53. The number of hydrogen-bond donors (Lipinski definition) is 0. The fourth-order valence-electron chi connectivity index (χ4n) is 4.42. The first kappa shape index (κ1) is 17.7. The van der Waals surface area contributed by atoms with E-state index >= 15 is 0 Å². The summed E-state index contributed by atoms with van der Waals surface area (Å²) < 4.78 is 5.39. The lowest BCUT2D eigenvalue weighted by atomic mass is 9.77. The van der Waals surface area contributed by atoms with Crippen LogP contribution in [0.4, 0.5) is 0 Å². The third kappa shape index (κ3) is 3.31. The molecule has 0 saturated heterocycles. The van der Waals surface area contributed by atoms with E-state index in [0.29, 0.717) is 5.76 Å². The summed E-state index contributed by atoms with van der Waals surface area (Å²) in [6.07, 6.45) is 6.84. The number of amides is 1. The van der Waals surface area contributed by atoms with Crippen LogP contribution in [0.1, 0.15) is 47.0 Å². The van der Waals surface area contributed by atoms with Crippen molar-refractivity contribution < 1.29 is 9.21 Å². The van der Waals surface area contributed by atoms with Gasteiger partial charge in [0.2, 0.25) is 0 Å². The lowest BCUT2D eigenvalue weighted by molar-refractivity contribution is 0.0648. The van der Waals surface area contributed by atoms with E-state index in [2.05, 4.69) is 30.3 Å². The molecule has 2 heterocycles. The molecular weight excluding hydrogens is 360 g/mol. The average Bonchev–Trinajstić information content (AvgIpc) is 3.43. The van der Waals surface area contributed by atoms with Crippen molar-refractivity contribution in [2.45, 2.75) is 25.3 Å². The quantitative estimate of drug-likeness (QED) is 0.582. The number of allylic oxidation sites excluding steroid dienone is 1. The lowest BCUT2D eigenvalue weighted by Gasteiger charge is -2.29. The Bertz CT molecular complexity index is 1050. The second-order valence-electron chi connectivity index (χ2n) is 7.55. The highest BCUT2D eigenvalue weighted by Crippen LogP contribution is 2.44. The van der Waals surface area contributed by atoms with Crippen LogP contribution in [0.5, 0.6) is 0 Å². The van der Waals surface area contributed by atoms with Crippen molar-refractivity contribution in [3.63, 3.8) is 0 Å². The van der Waals surface area contributed by atoms with Gasteiger partial charge in [-0.1, -0.05) is 60.7 Å². The molecule has 1 aliphatic carbocycles. The van der Waals surface area contributed by atoms with Gasteiger partial charge in [0.1, 0.15) is 0 Å². The number of furan rings is 1. The minimum absolute atomic E-state index is 0.108. The fraction of sp³-hybridized carbons (Fsp3) is 0.200. The van der Waals surface area contributed by atoms with Gasteiger partial charge in [-0.15, -0.1) is 0 Å². The molecule has 0 radical (unpaired) electrons. The molecule has 0 N–H and O–H groups in total. The Labute approximate surface area is 170 Å². The van der Waals surface area contributed by atoms with Gasteiger partial charge in [0, 0.05) is 5.92 Å². The molecule has 1 aromatic heterocycles. The van der Waals surface area contributed by atoms with E-state index in [1.165, 1.54) is 11.8 Å². The standard InChI is InChI=1S/C25H22N2O2/c28-25(22-15-8-16-29-22)27-24(19-11-5-2-6-12-19)21-14-7-13-20(23(21)26-27)17-18-9-3-1-4-10-18/h1-6,8-12,15-17,21,24H,7,13-14H2/b20-17+. The molecule has 3 aromatic rings. The van der Waals surface area contributed by atoms with Gasteiger partial charge in [-0.2, -0.15) is 5.10 Å². The molecule has 1 aliphatic heterocycles. The molecule has 2 aromatic carbocycles. The number of fused-ring (bicyclic) bond motifs is 1. The highest BCUT2D eigenvalue weighted by atomic mass is 16.3. The van der Waals surface area contributed by atoms with E-state index in [4.69, 9.17) is 9.52 Å². The van der Waals surface area contributed by atoms with E-state index in [1.807, 2.05) is 36.4 Å². The van der Waals surface area contributed by atoms with Crippen LogP contribution < -0.4 is 0 Å². The Morgan fingerprint density at radius 3 is 2.48 bits per heavy atom. The van der Waals surface area contributed by atoms with Crippen LogP contribution in [0.25, 0.3) is 6.08 Å². The highest BCUT2D eigenvalue weighted by molar-refractivity contribution is 6.08. The van der Waals surface area contributed by atoms with Gasteiger partial charge in [0.05, 0.1) is 18.0 Å². The number of benzene rings is 2. The first-order valence-electron chi connectivity index (χ1n) is 10.1. The summed E-state index contributed by atoms with van der Waals surface area (Å²) in [5.74, 6) is 0.326. The van der Waals surface area contributed by atoms with Gasteiger partial charge in [-0.3, -0.25) is 4.79 Å². The zero-order chi connectivity index (χ0) is 19.6. The predicted molar refractivity (Wildman–Crippen MR) is 113 cm³/mol. The molecule has 0 bridgehead atoms. The molecule has 4 heteroatoms. The maximum absolute atomic E-state index is 13.2. The number of nitrogens with zero attached hydrogens (tertiary/aromatic N) is 2. The Morgan fingerprint density at radius 2 is 1.76 bits per heavy atom. The normalized spacial score (nSPS) is 22.4. The van der Waals surface area contributed by atoms with Crippen molar-refractivity contribution in [1.82, 2.24) is 5.01 Å². The first-order chi connectivity index (χ1) is 14.3.